The summed E-state index contributed by atoms with van der Waals surface area (Å²) in [4.78, 5) is 13.1. The number of nitrogens with one attached hydrogen (secondary N) is 2. The molecule has 0 bridgehead atoms. The highest BCUT2D eigenvalue weighted by atomic mass is 16.2. The first-order chi connectivity index (χ1) is 6.26. The zero-order chi connectivity index (χ0) is 9.31. The molecule has 70 valence electrons. The van der Waals surface area contributed by atoms with Crippen LogP contribution < -0.4 is 10.6 Å². The number of nitrogens with zero attached hydrogens (tertiary/aromatic N) is 1. The van der Waals surface area contributed by atoms with Gasteiger partial charge < -0.3 is 15.5 Å². The smallest absolute Gasteiger partial charge is 0.318 e. The van der Waals surface area contributed by atoms with Crippen molar-refractivity contribution in [2.45, 2.75) is 0 Å². The molecular formula is C9H13N3O. The number of urea groups is 1. The first kappa shape index (κ1) is 8.39. The van der Waals surface area contributed by atoms with E-state index in [0.717, 1.165) is 26.2 Å². The van der Waals surface area contributed by atoms with Gasteiger partial charge in [-0.15, -0.1) is 6.42 Å². The lowest BCUT2D eigenvalue weighted by Gasteiger charge is -2.55. The molecule has 2 aliphatic heterocycles. The second-order valence-electron chi connectivity index (χ2n) is 3.82. The van der Waals surface area contributed by atoms with E-state index in [1.54, 1.807) is 4.90 Å². The molecule has 2 saturated heterocycles. The maximum absolute atomic E-state index is 11.3. The molecule has 0 saturated carbocycles. The van der Waals surface area contributed by atoms with Crippen LogP contribution in [-0.4, -0.2) is 43.7 Å². The van der Waals surface area contributed by atoms with Crippen molar-refractivity contribution in [2.24, 2.45) is 5.41 Å². The summed E-state index contributed by atoms with van der Waals surface area (Å²) in [6.07, 6.45) is 5.03. The molecule has 2 amide bonds. The first-order valence-corrected chi connectivity index (χ1v) is 4.43. The summed E-state index contributed by atoms with van der Waals surface area (Å²) in [6.45, 7) is 4.16. The minimum absolute atomic E-state index is 0.0320. The van der Waals surface area contributed by atoms with Crippen molar-refractivity contribution in [3.8, 4) is 12.3 Å². The molecule has 0 unspecified atom stereocenters. The van der Waals surface area contributed by atoms with Gasteiger partial charge in [-0.05, 0) is 0 Å². The minimum Gasteiger partial charge on any atom is -0.327 e. The Bertz CT molecular complexity index is 257. The van der Waals surface area contributed by atoms with E-state index in [2.05, 4.69) is 16.6 Å². The molecule has 2 fully saturated rings. The van der Waals surface area contributed by atoms with Gasteiger partial charge in [0.2, 0.25) is 0 Å². The fourth-order valence-electron chi connectivity index (χ4n) is 1.85. The highest BCUT2D eigenvalue weighted by molar-refractivity contribution is 5.75. The molecule has 0 aromatic heterocycles. The van der Waals surface area contributed by atoms with Crippen LogP contribution in [0.4, 0.5) is 4.79 Å². The number of terminal acetylenes is 1. The van der Waals surface area contributed by atoms with Crippen LogP contribution in [-0.2, 0) is 0 Å². The molecule has 4 nitrogen and oxygen atoms in total. The Kier molecular flexibility index (Phi) is 1.89. The van der Waals surface area contributed by atoms with Crippen molar-refractivity contribution in [1.82, 2.24) is 15.5 Å². The Morgan fingerprint density at radius 3 is 2.77 bits per heavy atom. The van der Waals surface area contributed by atoms with Crippen LogP contribution >= 0.6 is 0 Å². The maximum Gasteiger partial charge on any atom is 0.318 e. The van der Waals surface area contributed by atoms with Crippen LogP contribution in [0.2, 0.25) is 0 Å². The number of amides is 2. The largest absolute Gasteiger partial charge is 0.327 e. The van der Waals surface area contributed by atoms with Gasteiger partial charge in [0.05, 0.1) is 6.54 Å². The standard InChI is InChI=1S/C9H13N3O/c1-2-3-11-8(13)12-6-9(7-12)4-10-5-9/h1,10H,3-7H2,(H,11,13). The summed E-state index contributed by atoms with van der Waals surface area (Å²) in [5.41, 5.74) is 0.396. The molecule has 1 spiro atoms. The van der Waals surface area contributed by atoms with E-state index in [4.69, 9.17) is 6.42 Å². The lowest BCUT2D eigenvalue weighted by molar-refractivity contribution is -0.0107. The van der Waals surface area contributed by atoms with Crippen molar-refractivity contribution >= 4 is 6.03 Å². The summed E-state index contributed by atoms with van der Waals surface area (Å²) in [6, 6.07) is -0.0320. The van der Waals surface area contributed by atoms with E-state index in [9.17, 15) is 4.79 Å². The highest BCUT2D eigenvalue weighted by Crippen LogP contribution is 2.33. The molecule has 2 aliphatic rings. The molecule has 2 N–H and O–H groups in total. The number of likely N-dealkylation sites (tertiary alicyclic amines) is 1. The third-order valence-corrected chi connectivity index (χ3v) is 2.68. The molecular weight excluding hydrogens is 166 g/mol. The van der Waals surface area contributed by atoms with Gasteiger partial charge in [0, 0.05) is 31.6 Å². The van der Waals surface area contributed by atoms with Crippen LogP contribution in [0, 0.1) is 17.8 Å². The van der Waals surface area contributed by atoms with Crippen molar-refractivity contribution in [2.75, 3.05) is 32.7 Å². The van der Waals surface area contributed by atoms with E-state index >= 15 is 0 Å². The second-order valence-corrected chi connectivity index (χ2v) is 3.82. The molecule has 2 rings (SSSR count). The second kappa shape index (κ2) is 2.93. The Morgan fingerprint density at radius 2 is 2.31 bits per heavy atom. The number of carbonyl (C=O) groups is 1. The van der Waals surface area contributed by atoms with Crippen molar-refractivity contribution in [1.29, 1.82) is 0 Å². The Morgan fingerprint density at radius 1 is 1.62 bits per heavy atom. The lowest BCUT2D eigenvalue weighted by Crippen LogP contribution is -2.72. The Balaban J connectivity index is 1.73. The van der Waals surface area contributed by atoms with Gasteiger partial charge in [-0.1, -0.05) is 5.92 Å². The fraction of sp³-hybridized carbons (Fsp3) is 0.667. The van der Waals surface area contributed by atoms with Gasteiger partial charge in [-0.25, -0.2) is 4.79 Å². The van der Waals surface area contributed by atoms with Gasteiger partial charge in [0.1, 0.15) is 0 Å². The summed E-state index contributed by atoms with van der Waals surface area (Å²) >= 11 is 0. The normalized spacial score (nSPS) is 22.8. The Labute approximate surface area is 77.7 Å². The highest BCUT2D eigenvalue weighted by Gasteiger charge is 2.49. The van der Waals surface area contributed by atoms with E-state index < -0.39 is 0 Å². The number of hydrogen-bond donors (Lipinski definition) is 2. The van der Waals surface area contributed by atoms with Gasteiger partial charge in [0.25, 0.3) is 0 Å². The SMILES string of the molecule is C#CCNC(=O)N1CC2(CNC2)C1. The molecule has 0 aromatic rings. The van der Waals surface area contributed by atoms with Crippen LogP contribution in [0.3, 0.4) is 0 Å². The van der Waals surface area contributed by atoms with Crippen LogP contribution in [0.1, 0.15) is 0 Å². The Hall–Kier alpha value is -1.21. The monoisotopic (exact) mass is 179 g/mol. The molecule has 0 aliphatic carbocycles. The van der Waals surface area contributed by atoms with Gasteiger partial charge >= 0.3 is 6.03 Å². The molecule has 2 heterocycles. The van der Waals surface area contributed by atoms with Crippen LogP contribution in [0.5, 0.6) is 0 Å². The molecule has 0 radical (unpaired) electrons. The molecule has 13 heavy (non-hydrogen) atoms. The van der Waals surface area contributed by atoms with Gasteiger partial charge in [-0.2, -0.15) is 0 Å². The van der Waals surface area contributed by atoms with Crippen molar-refractivity contribution < 1.29 is 4.79 Å². The number of rotatable bonds is 1. The first-order valence-electron chi connectivity index (χ1n) is 4.43. The van der Waals surface area contributed by atoms with Gasteiger partial charge in [0.15, 0.2) is 0 Å². The number of hydrogen-bond acceptors (Lipinski definition) is 2. The predicted octanol–water partition coefficient (Wildman–Crippen LogP) is -0.766. The zero-order valence-electron chi connectivity index (χ0n) is 7.47. The van der Waals surface area contributed by atoms with Gasteiger partial charge in [-0.3, -0.25) is 0 Å². The van der Waals surface area contributed by atoms with Crippen LogP contribution in [0.25, 0.3) is 0 Å². The summed E-state index contributed by atoms with van der Waals surface area (Å²) < 4.78 is 0. The van der Waals surface area contributed by atoms with E-state index in [1.165, 1.54) is 0 Å². The third kappa shape index (κ3) is 1.36. The lowest BCUT2D eigenvalue weighted by atomic mass is 9.75. The minimum atomic E-state index is -0.0320. The van der Waals surface area contributed by atoms with E-state index in [1.807, 2.05) is 0 Å². The van der Waals surface area contributed by atoms with E-state index in [-0.39, 0.29) is 6.03 Å². The van der Waals surface area contributed by atoms with Crippen molar-refractivity contribution in [3.63, 3.8) is 0 Å². The average molecular weight is 179 g/mol. The molecule has 0 atom stereocenters. The van der Waals surface area contributed by atoms with E-state index in [0.29, 0.717) is 12.0 Å². The summed E-state index contributed by atoms with van der Waals surface area (Å²) in [7, 11) is 0. The number of carbonyl (C=O) groups excluding carboxylic acids is 1. The van der Waals surface area contributed by atoms with Crippen molar-refractivity contribution in [3.05, 3.63) is 0 Å². The fourth-order valence-corrected chi connectivity index (χ4v) is 1.85. The predicted molar refractivity (Wildman–Crippen MR) is 49.1 cm³/mol. The summed E-state index contributed by atoms with van der Waals surface area (Å²) in [5.74, 6) is 2.38. The zero-order valence-corrected chi connectivity index (χ0v) is 7.47. The average Bonchev–Trinajstić information content (AvgIpc) is 1.95. The maximum atomic E-state index is 11.3. The molecule has 0 aromatic carbocycles. The third-order valence-electron chi connectivity index (χ3n) is 2.68. The molecule has 4 heteroatoms. The quantitative estimate of drug-likeness (QED) is 0.519. The van der Waals surface area contributed by atoms with Crippen LogP contribution in [0.15, 0.2) is 0 Å². The topological polar surface area (TPSA) is 44.4 Å². The summed E-state index contributed by atoms with van der Waals surface area (Å²) in [5, 5.41) is 5.87.